The molecule has 1 aromatic heterocycles. The minimum Gasteiger partial charge on any atom is -0.493 e. The van der Waals surface area contributed by atoms with Crippen molar-refractivity contribution in [3.8, 4) is 17.6 Å². The van der Waals surface area contributed by atoms with E-state index in [1.807, 2.05) is 18.2 Å². The molecule has 1 fully saturated rings. The van der Waals surface area contributed by atoms with E-state index >= 15 is 0 Å². The van der Waals surface area contributed by atoms with Crippen molar-refractivity contribution < 1.29 is 19.0 Å². The zero-order valence-corrected chi connectivity index (χ0v) is 16.1. The van der Waals surface area contributed by atoms with E-state index in [0.717, 1.165) is 24.5 Å². The first kappa shape index (κ1) is 20.2. The highest BCUT2D eigenvalue weighted by Crippen LogP contribution is 2.28. The average Bonchev–Trinajstić information content (AvgIpc) is 2.77. The van der Waals surface area contributed by atoms with Crippen LogP contribution in [0, 0.1) is 11.3 Å². The Kier molecular flexibility index (Phi) is 7.03. The fraction of sp³-hybridized carbons (Fsp3) is 0.286. The summed E-state index contributed by atoms with van der Waals surface area (Å²) >= 11 is 0. The average molecular weight is 394 g/mol. The first-order chi connectivity index (χ1) is 14.2. The van der Waals surface area contributed by atoms with Crippen molar-refractivity contribution in [3.63, 3.8) is 0 Å². The van der Waals surface area contributed by atoms with Crippen molar-refractivity contribution in [2.45, 2.75) is 0 Å². The molecule has 8 heteroatoms. The van der Waals surface area contributed by atoms with Gasteiger partial charge in [0.2, 0.25) is 5.91 Å². The number of aromatic nitrogens is 1. The standard InChI is InChI=1S/C21H22N4O4/c1-27-19-14-16(2-5-18(19)29-11-8-22)3-7-21(26)24-17-4-6-20(23-15-17)25-9-12-28-13-10-25/h2-7,14-15H,9-13H2,1H3,(H,24,26)/b7-3+. The lowest BCUT2D eigenvalue weighted by atomic mass is 10.2. The van der Waals surface area contributed by atoms with Crippen LogP contribution in [0.5, 0.6) is 11.5 Å². The second-order valence-electron chi connectivity index (χ2n) is 6.18. The second-order valence-corrected chi connectivity index (χ2v) is 6.18. The van der Waals surface area contributed by atoms with Gasteiger partial charge >= 0.3 is 0 Å². The molecule has 0 spiro atoms. The first-order valence-electron chi connectivity index (χ1n) is 9.15. The Morgan fingerprint density at radius 1 is 1.31 bits per heavy atom. The van der Waals surface area contributed by atoms with Gasteiger partial charge in [0.1, 0.15) is 11.9 Å². The monoisotopic (exact) mass is 394 g/mol. The highest BCUT2D eigenvalue weighted by atomic mass is 16.5. The van der Waals surface area contributed by atoms with E-state index in [2.05, 4.69) is 15.2 Å². The first-order valence-corrected chi connectivity index (χ1v) is 9.15. The van der Waals surface area contributed by atoms with Gasteiger partial charge in [-0.1, -0.05) is 6.07 Å². The molecule has 29 heavy (non-hydrogen) atoms. The molecule has 1 aromatic carbocycles. The van der Waals surface area contributed by atoms with Crippen LogP contribution in [0.15, 0.2) is 42.6 Å². The van der Waals surface area contributed by atoms with Gasteiger partial charge in [-0.25, -0.2) is 4.98 Å². The topological polar surface area (TPSA) is 96.7 Å². The normalized spacial score (nSPS) is 13.7. The van der Waals surface area contributed by atoms with Gasteiger partial charge in [-0.3, -0.25) is 4.79 Å². The summed E-state index contributed by atoms with van der Waals surface area (Å²) in [5.74, 6) is 1.56. The number of amides is 1. The van der Waals surface area contributed by atoms with Gasteiger partial charge in [-0.2, -0.15) is 5.26 Å². The number of ether oxygens (including phenoxy) is 3. The van der Waals surface area contributed by atoms with E-state index in [1.165, 1.54) is 13.2 Å². The Morgan fingerprint density at radius 2 is 2.14 bits per heavy atom. The van der Waals surface area contributed by atoms with Crippen LogP contribution < -0.4 is 19.7 Å². The highest BCUT2D eigenvalue weighted by Gasteiger charge is 2.12. The third-order valence-electron chi connectivity index (χ3n) is 4.26. The smallest absolute Gasteiger partial charge is 0.248 e. The number of carbonyl (C=O) groups excluding carboxylic acids is 1. The van der Waals surface area contributed by atoms with Crippen LogP contribution in [0.1, 0.15) is 5.56 Å². The molecule has 0 atom stereocenters. The van der Waals surface area contributed by atoms with Crippen molar-refractivity contribution in [3.05, 3.63) is 48.2 Å². The van der Waals surface area contributed by atoms with Crippen molar-refractivity contribution in [1.29, 1.82) is 5.26 Å². The van der Waals surface area contributed by atoms with Crippen LogP contribution in [-0.2, 0) is 9.53 Å². The third kappa shape index (κ3) is 5.70. The van der Waals surface area contributed by atoms with Crippen LogP contribution in [-0.4, -0.2) is 50.9 Å². The fourth-order valence-corrected chi connectivity index (χ4v) is 2.81. The zero-order valence-electron chi connectivity index (χ0n) is 16.1. The maximum Gasteiger partial charge on any atom is 0.248 e. The maximum absolute atomic E-state index is 12.2. The summed E-state index contributed by atoms with van der Waals surface area (Å²) in [6.45, 7) is 2.95. The highest BCUT2D eigenvalue weighted by molar-refractivity contribution is 6.01. The van der Waals surface area contributed by atoms with Crippen LogP contribution >= 0.6 is 0 Å². The minimum atomic E-state index is -0.269. The van der Waals surface area contributed by atoms with Crippen LogP contribution in [0.25, 0.3) is 6.08 Å². The predicted octanol–water partition coefficient (Wildman–Crippen LogP) is 2.48. The number of rotatable bonds is 7. The SMILES string of the molecule is COc1cc(/C=C/C(=O)Nc2ccc(N3CCOCC3)nc2)ccc1OCC#N. The van der Waals surface area contributed by atoms with Crippen LogP contribution in [0.4, 0.5) is 11.5 Å². The lowest BCUT2D eigenvalue weighted by molar-refractivity contribution is -0.111. The fourth-order valence-electron chi connectivity index (χ4n) is 2.81. The number of anilines is 2. The molecule has 1 aliphatic heterocycles. The molecule has 1 amide bonds. The largest absolute Gasteiger partial charge is 0.493 e. The predicted molar refractivity (Wildman–Crippen MR) is 109 cm³/mol. The van der Waals surface area contributed by atoms with E-state index in [0.29, 0.717) is 30.4 Å². The molecule has 0 aliphatic carbocycles. The molecule has 0 saturated carbocycles. The number of hydrogen-bond acceptors (Lipinski definition) is 7. The molecule has 8 nitrogen and oxygen atoms in total. The molecule has 150 valence electrons. The van der Waals surface area contributed by atoms with Crippen molar-refractivity contribution >= 4 is 23.5 Å². The van der Waals surface area contributed by atoms with E-state index in [9.17, 15) is 4.79 Å². The molecule has 0 radical (unpaired) electrons. The summed E-state index contributed by atoms with van der Waals surface area (Å²) in [6.07, 6.45) is 4.74. The number of pyridine rings is 1. The Hall–Kier alpha value is -3.57. The lowest BCUT2D eigenvalue weighted by Crippen LogP contribution is -2.36. The van der Waals surface area contributed by atoms with Gasteiger partial charge in [0.15, 0.2) is 18.1 Å². The van der Waals surface area contributed by atoms with Crippen LogP contribution in [0.3, 0.4) is 0 Å². The number of nitrogens with one attached hydrogen (secondary N) is 1. The lowest BCUT2D eigenvalue weighted by Gasteiger charge is -2.27. The Bertz CT molecular complexity index is 900. The molecule has 0 bridgehead atoms. The van der Waals surface area contributed by atoms with Gasteiger partial charge in [0.05, 0.1) is 32.2 Å². The Morgan fingerprint density at radius 3 is 2.83 bits per heavy atom. The summed E-state index contributed by atoms with van der Waals surface area (Å²) in [6, 6.07) is 10.8. The van der Waals surface area contributed by atoms with Crippen molar-refractivity contribution in [1.82, 2.24) is 4.98 Å². The van der Waals surface area contributed by atoms with Crippen LogP contribution in [0.2, 0.25) is 0 Å². The minimum absolute atomic E-state index is 0.0632. The number of nitrogens with zero attached hydrogens (tertiary/aromatic N) is 3. The summed E-state index contributed by atoms with van der Waals surface area (Å²) in [5.41, 5.74) is 1.39. The quantitative estimate of drug-likeness (QED) is 0.721. The molecule has 0 unspecified atom stereocenters. The van der Waals surface area contributed by atoms with E-state index < -0.39 is 0 Å². The number of benzene rings is 1. The van der Waals surface area contributed by atoms with Crippen molar-refractivity contribution in [2.75, 3.05) is 50.2 Å². The maximum atomic E-state index is 12.2. The summed E-state index contributed by atoms with van der Waals surface area (Å²) in [5, 5.41) is 11.4. The number of morpholine rings is 1. The van der Waals surface area contributed by atoms with Gasteiger partial charge < -0.3 is 24.4 Å². The summed E-state index contributed by atoms with van der Waals surface area (Å²) < 4.78 is 15.9. The molecule has 2 heterocycles. The van der Waals surface area contributed by atoms with E-state index in [4.69, 9.17) is 19.5 Å². The van der Waals surface area contributed by atoms with Gasteiger partial charge in [0, 0.05) is 19.2 Å². The van der Waals surface area contributed by atoms with Gasteiger partial charge in [0.25, 0.3) is 0 Å². The van der Waals surface area contributed by atoms with E-state index in [-0.39, 0.29) is 12.5 Å². The molecule has 1 N–H and O–H groups in total. The molecule has 1 saturated heterocycles. The summed E-state index contributed by atoms with van der Waals surface area (Å²) in [4.78, 5) is 18.7. The number of methoxy groups -OCH3 is 1. The Labute approximate surface area is 169 Å². The van der Waals surface area contributed by atoms with E-state index in [1.54, 1.807) is 30.5 Å². The molecular weight excluding hydrogens is 372 g/mol. The number of hydrogen-bond donors (Lipinski definition) is 1. The van der Waals surface area contributed by atoms with Crippen molar-refractivity contribution in [2.24, 2.45) is 0 Å². The molecule has 2 aromatic rings. The molecular formula is C21H22N4O4. The zero-order chi connectivity index (χ0) is 20.5. The van der Waals surface area contributed by atoms with Gasteiger partial charge in [-0.15, -0.1) is 0 Å². The van der Waals surface area contributed by atoms with Gasteiger partial charge in [-0.05, 0) is 35.9 Å². The number of carbonyl (C=O) groups is 1. The molecule has 1 aliphatic rings. The third-order valence-corrected chi connectivity index (χ3v) is 4.26. The molecule has 3 rings (SSSR count). The number of nitriles is 1. The Balaban J connectivity index is 1.58. The summed E-state index contributed by atoms with van der Waals surface area (Å²) in [7, 11) is 1.52. The second kappa shape index (κ2) is 10.1.